The van der Waals surface area contributed by atoms with Gasteiger partial charge in [0, 0.05) is 31.5 Å². The van der Waals surface area contributed by atoms with Crippen molar-refractivity contribution in [3.8, 4) is 0 Å². The van der Waals surface area contributed by atoms with E-state index >= 15 is 0 Å². The van der Waals surface area contributed by atoms with Crippen molar-refractivity contribution < 1.29 is 22.1 Å². The van der Waals surface area contributed by atoms with Gasteiger partial charge in [-0.15, -0.1) is 0 Å². The maximum Gasteiger partial charge on any atom is 0.264 e. The van der Waals surface area contributed by atoms with Crippen LogP contribution in [-0.4, -0.2) is 57.8 Å². The van der Waals surface area contributed by atoms with Gasteiger partial charge >= 0.3 is 0 Å². The Labute approximate surface area is 161 Å². The Morgan fingerprint density at radius 1 is 1.00 bits per heavy atom. The SMILES string of the molecule is CS(=O)(=O)OC1CCN(C2(c3ccccc3)CCC3(CC2)OCCO3)CC1. The number of rotatable bonds is 4. The highest BCUT2D eigenvalue weighted by Crippen LogP contribution is 2.49. The molecule has 1 aromatic carbocycles. The second kappa shape index (κ2) is 7.44. The minimum Gasteiger partial charge on any atom is -0.348 e. The van der Waals surface area contributed by atoms with E-state index in [1.165, 1.54) is 5.56 Å². The number of hydrogen-bond donors (Lipinski definition) is 0. The van der Waals surface area contributed by atoms with E-state index in [9.17, 15) is 8.42 Å². The van der Waals surface area contributed by atoms with Crippen LogP contribution in [0.2, 0.25) is 0 Å². The summed E-state index contributed by atoms with van der Waals surface area (Å²) in [6.07, 6.45) is 6.14. The van der Waals surface area contributed by atoms with Crippen LogP contribution in [-0.2, 0) is 29.3 Å². The van der Waals surface area contributed by atoms with E-state index in [0.29, 0.717) is 13.2 Å². The second-order valence-corrected chi connectivity index (χ2v) is 9.59. The van der Waals surface area contributed by atoms with Crippen LogP contribution in [0.3, 0.4) is 0 Å². The molecule has 0 amide bonds. The Hall–Kier alpha value is -0.990. The quantitative estimate of drug-likeness (QED) is 0.731. The summed E-state index contributed by atoms with van der Waals surface area (Å²) < 4.78 is 40.0. The third-order valence-corrected chi connectivity index (χ3v) is 6.94. The zero-order valence-electron chi connectivity index (χ0n) is 15.9. The molecule has 1 aromatic rings. The van der Waals surface area contributed by atoms with E-state index in [1.54, 1.807) is 0 Å². The maximum atomic E-state index is 11.4. The smallest absolute Gasteiger partial charge is 0.264 e. The summed E-state index contributed by atoms with van der Waals surface area (Å²) in [7, 11) is -3.40. The highest BCUT2D eigenvalue weighted by molar-refractivity contribution is 7.86. The zero-order valence-corrected chi connectivity index (χ0v) is 16.7. The van der Waals surface area contributed by atoms with Gasteiger partial charge in [-0.3, -0.25) is 9.08 Å². The van der Waals surface area contributed by atoms with Crippen LogP contribution in [0.5, 0.6) is 0 Å². The van der Waals surface area contributed by atoms with Crippen molar-refractivity contribution in [3.63, 3.8) is 0 Å². The number of likely N-dealkylation sites (tertiary alicyclic amines) is 1. The summed E-state index contributed by atoms with van der Waals surface area (Å²) in [5, 5.41) is 0. The largest absolute Gasteiger partial charge is 0.348 e. The van der Waals surface area contributed by atoms with E-state index in [2.05, 4.69) is 35.2 Å². The number of hydrogen-bond acceptors (Lipinski definition) is 6. The molecule has 3 aliphatic rings. The monoisotopic (exact) mass is 395 g/mol. The van der Waals surface area contributed by atoms with Crippen LogP contribution in [0.15, 0.2) is 30.3 Å². The first-order valence-corrected chi connectivity index (χ1v) is 11.7. The normalized spacial score (nSPS) is 26.4. The molecular weight excluding hydrogens is 366 g/mol. The fraction of sp³-hybridized carbons (Fsp3) is 0.700. The van der Waals surface area contributed by atoms with Crippen molar-refractivity contribution in [2.24, 2.45) is 0 Å². The van der Waals surface area contributed by atoms with E-state index in [0.717, 1.165) is 57.9 Å². The maximum absolute atomic E-state index is 11.4. The van der Waals surface area contributed by atoms with Crippen molar-refractivity contribution >= 4 is 10.1 Å². The van der Waals surface area contributed by atoms with Gasteiger partial charge in [-0.25, -0.2) is 0 Å². The van der Waals surface area contributed by atoms with Gasteiger partial charge in [0.25, 0.3) is 10.1 Å². The molecule has 4 rings (SSSR count). The second-order valence-electron chi connectivity index (χ2n) is 7.99. The Morgan fingerprint density at radius 3 is 2.15 bits per heavy atom. The lowest BCUT2D eigenvalue weighted by Crippen LogP contribution is -2.55. The summed E-state index contributed by atoms with van der Waals surface area (Å²) in [6.45, 7) is 3.05. The third-order valence-electron chi connectivity index (χ3n) is 6.32. The molecule has 7 heteroatoms. The van der Waals surface area contributed by atoms with Crippen molar-refractivity contribution in [3.05, 3.63) is 35.9 Å². The molecule has 2 aliphatic heterocycles. The highest BCUT2D eigenvalue weighted by Gasteiger charge is 2.50. The van der Waals surface area contributed by atoms with E-state index in [-0.39, 0.29) is 11.6 Å². The molecule has 1 spiro atoms. The van der Waals surface area contributed by atoms with E-state index < -0.39 is 15.9 Å². The first-order chi connectivity index (χ1) is 12.9. The predicted octanol–water partition coefficient (Wildman–Crippen LogP) is 2.64. The van der Waals surface area contributed by atoms with Gasteiger partial charge in [-0.05, 0) is 31.2 Å². The average molecular weight is 396 g/mol. The molecule has 0 radical (unpaired) electrons. The van der Waals surface area contributed by atoms with Crippen molar-refractivity contribution in [1.82, 2.24) is 4.90 Å². The Balaban J connectivity index is 1.52. The van der Waals surface area contributed by atoms with E-state index in [1.807, 2.05) is 0 Å². The lowest BCUT2D eigenvalue weighted by Gasteiger charge is -2.52. The lowest BCUT2D eigenvalue weighted by molar-refractivity contribution is -0.197. The fourth-order valence-electron chi connectivity index (χ4n) is 4.99. The van der Waals surface area contributed by atoms with Gasteiger partial charge < -0.3 is 9.47 Å². The van der Waals surface area contributed by atoms with Crippen molar-refractivity contribution in [1.29, 1.82) is 0 Å². The Morgan fingerprint density at radius 2 is 1.59 bits per heavy atom. The third kappa shape index (κ3) is 4.07. The molecule has 2 saturated heterocycles. The number of nitrogens with zero attached hydrogens (tertiary/aromatic N) is 1. The van der Waals surface area contributed by atoms with Crippen LogP contribution >= 0.6 is 0 Å². The van der Waals surface area contributed by atoms with Gasteiger partial charge in [0.15, 0.2) is 5.79 Å². The molecule has 1 aliphatic carbocycles. The van der Waals surface area contributed by atoms with Crippen molar-refractivity contribution in [2.45, 2.75) is 56.0 Å². The Kier molecular flexibility index (Phi) is 5.33. The number of ether oxygens (including phenoxy) is 2. The molecule has 0 aromatic heterocycles. The highest BCUT2D eigenvalue weighted by atomic mass is 32.2. The van der Waals surface area contributed by atoms with E-state index in [4.69, 9.17) is 13.7 Å². The molecule has 1 saturated carbocycles. The summed E-state index contributed by atoms with van der Waals surface area (Å²) in [4.78, 5) is 2.53. The first kappa shape index (κ1) is 19.3. The first-order valence-electron chi connectivity index (χ1n) is 9.88. The number of piperidine rings is 1. The predicted molar refractivity (Wildman–Crippen MR) is 102 cm³/mol. The van der Waals surface area contributed by atoms with Gasteiger partial charge in [0.05, 0.1) is 25.6 Å². The van der Waals surface area contributed by atoms with Crippen LogP contribution < -0.4 is 0 Å². The van der Waals surface area contributed by atoms with Crippen LogP contribution in [0.25, 0.3) is 0 Å². The zero-order chi connectivity index (χ0) is 19.0. The van der Waals surface area contributed by atoms with Gasteiger partial charge in [-0.1, -0.05) is 30.3 Å². The molecular formula is C20H29NO5S. The molecule has 2 heterocycles. The molecule has 6 nitrogen and oxygen atoms in total. The number of benzene rings is 1. The average Bonchev–Trinajstić information content (AvgIpc) is 3.11. The standard InChI is InChI=1S/C20H29NO5S/c1-27(22,23)26-18-7-13-21(14-8-18)19(17-5-3-2-4-6-17)9-11-20(12-10-19)24-15-16-25-20/h2-6,18H,7-16H2,1H3. The molecule has 0 atom stereocenters. The minimum atomic E-state index is -3.40. The van der Waals surface area contributed by atoms with Gasteiger partial charge in [-0.2, -0.15) is 8.42 Å². The van der Waals surface area contributed by atoms with Gasteiger partial charge in [0.2, 0.25) is 0 Å². The van der Waals surface area contributed by atoms with Crippen LogP contribution in [0.1, 0.15) is 44.1 Å². The lowest BCUT2D eigenvalue weighted by atomic mass is 9.72. The van der Waals surface area contributed by atoms with Gasteiger partial charge in [0.1, 0.15) is 0 Å². The molecule has 150 valence electrons. The summed E-state index contributed by atoms with van der Waals surface area (Å²) in [5.41, 5.74) is 1.29. The molecule has 3 fully saturated rings. The molecule has 0 unspecified atom stereocenters. The summed E-state index contributed by atoms with van der Waals surface area (Å²) in [5.74, 6) is -0.393. The molecule has 0 N–H and O–H groups in total. The summed E-state index contributed by atoms with van der Waals surface area (Å²) in [6, 6.07) is 10.7. The van der Waals surface area contributed by atoms with Crippen LogP contribution in [0.4, 0.5) is 0 Å². The minimum absolute atomic E-state index is 0.0438. The molecule has 27 heavy (non-hydrogen) atoms. The summed E-state index contributed by atoms with van der Waals surface area (Å²) >= 11 is 0. The molecule has 0 bridgehead atoms. The fourth-order valence-corrected chi connectivity index (χ4v) is 5.68. The van der Waals surface area contributed by atoms with Crippen molar-refractivity contribution in [2.75, 3.05) is 32.6 Å². The van der Waals surface area contributed by atoms with Crippen LogP contribution in [0, 0.1) is 0 Å². The topological polar surface area (TPSA) is 65.1 Å². The Bertz CT molecular complexity index is 727.